The number of esters is 1. The Morgan fingerprint density at radius 1 is 0.862 bits per heavy atom. The van der Waals surface area contributed by atoms with Crippen LogP contribution in [-0.2, 0) is 19.1 Å². The van der Waals surface area contributed by atoms with Crippen molar-refractivity contribution in [2.45, 2.75) is 121 Å². The first-order valence-electron chi connectivity index (χ1n) is 11.2. The van der Waals surface area contributed by atoms with E-state index < -0.39 is 42.0 Å². The Bertz CT molecular complexity index is 505. The lowest BCUT2D eigenvalue weighted by Crippen LogP contribution is -2.43. The standard InChI is InChI=1S/C22H38O7/c1-2-3-4-5-6-7-8-9-10-11-12-13-14-15-16(23)17(24)18(25)21-19(26)20(27)22(28)29-21/h16-17,20-21,23-24,27H,2-15H2,1H3/t16?,17?,20?,21-/m1/s1. The van der Waals surface area contributed by atoms with Gasteiger partial charge in [-0.15, -0.1) is 0 Å². The number of hydrogen-bond acceptors (Lipinski definition) is 7. The van der Waals surface area contributed by atoms with Gasteiger partial charge >= 0.3 is 5.97 Å². The minimum absolute atomic E-state index is 0.224. The number of ether oxygens (including phenoxy) is 1. The third kappa shape index (κ3) is 9.36. The molecule has 168 valence electrons. The van der Waals surface area contributed by atoms with E-state index in [1.54, 1.807) is 0 Å². The smallest absolute Gasteiger partial charge is 0.344 e. The van der Waals surface area contributed by atoms with Crippen molar-refractivity contribution in [3.63, 3.8) is 0 Å². The van der Waals surface area contributed by atoms with Crippen LogP contribution in [0.2, 0.25) is 0 Å². The highest BCUT2D eigenvalue weighted by atomic mass is 16.6. The van der Waals surface area contributed by atoms with Crippen molar-refractivity contribution < 1.29 is 34.4 Å². The number of aliphatic hydroxyl groups excluding tert-OH is 3. The van der Waals surface area contributed by atoms with Crippen LogP contribution in [0, 0.1) is 0 Å². The quantitative estimate of drug-likeness (QED) is 0.190. The number of unbranched alkanes of at least 4 members (excludes halogenated alkanes) is 12. The summed E-state index contributed by atoms with van der Waals surface area (Å²) in [4.78, 5) is 34.7. The normalized spacial score (nSPS) is 21.2. The number of rotatable bonds is 17. The van der Waals surface area contributed by atoms with Gasteiger partial charge < -0.3 is 20.1 Å². The number of cyclic esters (lactones) is 1. The molecule has 0 radical (unpaired) electrons. The fourth-order valence-corrected chi connectivity index (χ4v) is 3.57. The van der Waals surface area contributed by atoms with Gasteiger partial charge in [-0.25, -0.2) is 4.79 Å². The highest BCUT2D eigenvalue weighted by Crippen LogP contribution is 2.17. The van der Waals surface area contributed by atoms with Crippen LogP contribution in [0.3, 0.4) is 0 Å². The second-order valence-electron chi connectivity index (χ2n) is 8.07. The van der Waals surface area contributed by atoms with Gasteiger partial charge in [0.15, 0.2) is 0 Å². The number of hydrogen-bond donors (Lipinski definition) is 3. The summed E-state index contributed by atoms with van der Waals surface area (Å²) in [6.45, 7) is 2.23. The third-order valence-electron chi connectivity index (χ3n) is 5.50. The second kappa shape index (κ2) is 14.6. The maximum Gasteiger partial charge on any atom is 0.344 e. The molecule has 1 aliphatic rings. The number of ketones is 2. The number of Topliss-reactive ketones (excluding diaryl/α,β-unsaturated/α-hetero) is 2. The summed E-state index contributed by atoms with van der Waals surface area (Å²) < 4.78 is 4.48. The summed E-state index contributed by atoms with van der Waals surface area (Å²) >= 11 is 0. The van der Waals surface area contributed by atoms with E-state index in [2.05, 4.69) is 11.7 Å². The van der Waals surface area contributed by atoms with E-state index in [-0.39, 0.29) is 6.42 Å². The molecule has 0 aromatic heterocycles. The van der Waals surface area contributed by atoms with E-state index in [9.17, 15) is 29.7 Å². The zero-order chi connectivity index (χ0) is 21.6. The number of carbonyl (C=O) groups excluding carboxylic acids is 3. The molecule has 0 spiro atoms. The molecule has 7 heteroatoms. The van der Waals surface area contributed by atoms with Crippen molar-refractivity contribution >= 4 is 17.5 Å². The minimum atomic E-state index is -1.99. The first kappa shape index (κ1) is 25.7. The molecule has 3 unspecified atom stereocenters. The zero-order valence-corrected chi connectivity index (χ0v) is 17.7. The Balaban J connectivity index is 2.03. The molecule has 1 saturated heterocycles. The van der Waals surface area contributed by atoms with Crippen LogP contribution in [-0.4, -0.2) is 57.3 Å². The lowest BCUT2D eigenvalue weighted by Gasteiger charge is -2.18. The monoisotopic (exact) mass is 414 g/mol. The molecule has 4 atom stereocenters. The van der Waals surface area contributed by atoms with Crippen LogP contribution in [0.25, 0.3) is 0 Å². The zero-order valence-electron chi connectivity index (χ0n) is 17.7. The Hall–Kier alpha value is -1.31. The van der Waals surface area contributed by atoms with Crippen LogP contribution >= 0.6 is 0 Å². The topological polar surface area (TPSA) is 121 Å². The van der Waals surface area contributed by atoms with Crippen LogP contribution in [0.4, 0.5) is 0 Å². The van der Waals surface area contributed by atoms with Gasteiger partial charge in [0.2, 0.25) is 23.8 Å². The van der Waals surface area contributed by atoms with Crippen LogP contribution < -0.4 is 0 Å². The van der Waals surface area contributed by atoms with Gasteiger partial charge in [0.25, 0.3) is 0 Å². The Kier molecular flexibility index (Phi) is 13.0. The lowest BCUT2D eigenvalue weighted by atomic mass is 9.97. The third-order valence-corrected chi connectivity index (χ3v) is 5.50. The molecule has 1 rings (SSSR count). The molecule has 0 aromatic carbocycles. The maximum atomic E-state index is 12.0. The number of carbonyl (C=O) groups is 3. The van der Waals surface area contributed by atoms with Gasteiger partial charge in [-0.3, -0.25) is 9.59 Å². The molecule has 0 aliphatic carbocycles. The summed E-state index contributed by atoms with van der Waals surface area (Å²) in [5.41, 5.74) is 0. The van der Waals surface area contributed by atoms with E-state index in [4.69, 9.17) is 0 Å². The highest BCUT2D eigenvalue weighted by Gasteiger charge is 2.48. The molecular weight excluding hydrogens is 376 g/mol. The van der Waals surface area contributed by atoms with E-state index in [1.807, 2.05) is 0 Å². The molecule has 0 aromatic rings. The van der Waals surface area contributed by atoms with Crippen molar-refractivity contribution in [1.82, 2.24) is 0 Å². The molecular formula is C22H38O7. The van der Waals surface area contributed by atoms with Gasteiger partial charge in [0, 0.05) is 0 Å². The van der Waals surface area contributed by atoms with Crippen molar-refractivity contribution in [3.05, 3.63) is 0 Å². The fourth-order valence-electron chi connectivity index (χ4n) is 3.57. The van der Waals surface area contributed by atoms with E-state index in [0.717, 1.165) is 19.3 Å². The van der Waals surface area contributed by atoms with Gasteiger partial charge in [-0.05, 0) is 6.42 Å². The molecule has 0 amide bonds. The molecule has 29 heavy (non-hydrogen) atoms. The first-order chi connectivity index (χ1) is 13.9. The van der Waals surface area contributed by atoms with Gasteiger partial charge in [0.05, 0.1) is 6.10 Å². The average molecular weight is 415 g/mol. The predicted molar refractivity (Wildman–Crippen MR) is 108 cm³/mol. The second-order valence-corrected chi connectivity index (χ2v) is 8.07. The van der Waals surface area contributed by atoms with Gasteiger partial charge in [-0.2, -0.15) is 0 Å². The summed E-state index contributed by atoms with van der Waals surface area (Å²) in [6, 6.07) is 0. The van der Waals surface area contributed by atoms with Crippen LogP contribution in [0.15, 0.2) is 0 Å². The molecule has 0 saturated carbocycles. The molecule has 7 nitrogen and oxygen atoms in total. The largest absolute Gasteiger partial charge is 0.444 e. The Morgan fingerprint density at radius 2 is 1.31 bits per heavy atom. The van der Waals surface area contributed by atoms with E-state index in [1.165, 1.54) is 57.8 Å². The van der Waals surface area contributed by atoms with Crippen LogP contribution in [0.1, 0.15) is 96.8 Å². The van der Waals surface area contributed by atoms with Crippen LogP contribution in [0.5, 0.6) is 0 Å². The molecule has 1 fully saturated rings. The van der Waals surface area contributed by atoms with E-state index in [0.29, 0.717) is 6.42 Å². The van der Waals surface area contributed by atoms with Crippen molar-refractivity contribution in [1.29, 1.82) is 0 Å². The van der Waals surface area contributed by atoms with E-state index >= 15 is 0 Å². The highest BCUT2D eigenvalue weighted by molar-refractivity contribution is 6.19. The predicted octanol–water partition coefficient (Wildman–Crippen LogP) is 2.61. The summed E-state index contributed by atoms with van der Waals surface area (Å²) in [7, 11) is 0. The van der Waals surface area contributed by atoms with Crippen molar-refractivity contribution in [3.8, 4) is 0 Å². The first-order valence-corrected chi connectivity index (χ1v) is 11.2. The lowest BCUT2D eigenvalue weighted by molar-refractivity contribution is -0.156. The fraction of sp³-hybridized carbons (Fsp3) is 0.864. The average Bonchev–Trinajstić information content (AvgIpc) is 2.97. The summed E-state index contributed by atoms with van der Waals surface area (Å²) in [5.74, 6) is -3.37. The van der Waals surface area contributed by atoms with Gasteiger partial charge in [0.1, 0.15) is 6.10 Å². The molecule has 3 N–H and O–H groups in total. The van der Waals surface area contributed by atoms with Crippen molar-refractivity contribution in [2.75, 3.05) is 0 Å². The number of aliphatic hydroxyl groups is 3. The maximum absolute atomic E-state index is 12.0. The van der Waals surface area contributed by atoms with Crippen molar-refractivity contribution in [2.24, 2.45) is 0 Å². The van der Waals surface area contributed by atoms with Gasteiger partial charge in [-0.1, -0.05) is 90.4 Å². The Morgan fingerprint density at radius 3 is 1.72 bits per heavy atom. The molecule has 0 bridgehead atoms. The summed E-state index contributed by atoms with van der Waals surface area (Å²) in [5, 5.41) is 29.1. The molecule has 1 heterocycles. The SMILES string of the molecule is CCCCCCCCCCCCCCCC(O)C(O)C(=O)[C@H]1OC(=O)C(O)C1=O. The molecule has 1 aliphatic heterocycles. The minimum Gasteiger partial charge on any atom is -0.444 e. The Labute approximate surface area is 173 Å². The summed E-state index contributed by atoms with van der Waals surface area (Å²) in [6.07, 6.45) is 8.74.